The van der Waals surface area contributed by atoms with Crippen LogP contribution in [-0.4, -0.2) is 98.0 Å². The lowest BCUT2D eigenvalue weighted by Crippen LogP contribution is -2.39. The third-order valence-electron chi connectivity index (χ3n) is 4.70. The number of carbonyl (C=O) groups is 3. The molecule has 3 rings (SSSR count). The SMILES string of the molecule is N=C(NCc1cccc(-c2cnc(N3CCOCC3)nc2)c1)NC(=O)O.O=C(O)C(O)C(O)C(=O)O. The first-order valence-corrected chi connectivity index (χ1v) is 10.5. The van der Waals surface area contributed by atoms with Gasteiger partial charge >= 0.3 is 18.0 Å². The average molecular weight is 506 g/mol. The van der Waals surface area contributed by atoms with E-state index in [1.165, 1.54) is 0 Å². The van der Waals surface area contributed by atoms with Crippen LogP contribution in [0.25, 0.3) is 11.1 Å². The van der Waals surface area contributed by atoms with Gasteiger partial charge in [-0.25, -0.2) is 24.4 Å². The number of nitrogens with zero attached hydrogens (tertiary/aromatic N) is 3. The van der Waals surface area contributed by atoms with Crippen molar-refractivity contribution in [1.82, 2.24) is 20.6 Å². The summed E-state index contributed by atoms with van der Waals surface area (Å²) in [5.74, 6) is -3.10. The number of aromatic nitrogens is 2. The van der Waals surface area contributed by atoms with Gasteiger partial charge in [-0.1, -0.05) is 18.2 Å². The Kier molecular flexibility index (Phi) is 10.5. The monoisotopic (exact) mass is 506 g/mol. The number of ether oxygens (including phenoxy) is 1. The van der Waals surface area contributed by atoms with E-state index in [1.807, 2.05) is 29.6 Å². The summed E-state index contributed by atoms with van der Waals surface area (Å²) in [6.07, 6.45) is -2.22. The van der Waals surface area contributed by atoms with Crippen molar-refractivity contribution in [2.75, 3.05) is 31.2 Å². The summed E-state index contributed by atoms with van der Waals surface area (Å²) >= 11 is 0. The lowest BCUT2D eigenvalue weighted by molar-refractivity contribution is -0.165. The second-order valence-corrected chi connectivity index (χ2v) is 7.30. The number of aliphatic hydroxyl groups excluding tert-OH is 2. The fourth-order valence-electron chi connectivity index (χ4n) is 2.87. The Hall–Kier alpha value is -4.34. The number of carboxylic acid groups (broad SMARTS) is 3. The number of guanidine groups is 1. The molecule has 194 valence electrons. The van der Waals surface area contributed by atoms with Crippen molar-refractivity contribution in [2.45, 2.75) is 18.8 Å². The number of nitrogens with one attached hydrogen (secondary N) is 3. The lowest BCUT2D eigenvalue weighted by atomic mass is 10.1. The van der Waals surface area contributed by atoms with Gasteiger partial charge in [-0.15, -0.1) is 0 Å². The first-order valence-electron chi connectivity index (χ1n) is 10.5. The second-order valence-electron chi connectivity index (χ2n) is 7.30. The van der Waals surface area contributed by atoms with E-state index in [9.17, 15) is 14.4 Å². The van der Waals surface area contributed by atoms with Crippen LogP contribution in [0.3, 0.4) is 0 Å². The van der Waals surface area contributed by atoms with Crippen molar-refractivity contribution < 1.29 is 44.7 Å². The Morgan fingerprint density at radius 1 is 1.00 bits per heavy atom. The van der Waals surface area contributed by atoms with Gasteiger partial charge in [0.2, 0.25) is 5.95 Å². The van der Waals surface area contributed by atoms with Crippen LogP contribution in [0, 0.1) is 5.41 Å². The Morgan fingerprint density at radius 3 is 2.11 bits per heavy atom. The minimum atomic E-state index is -2.27. The van der Waals surface area contributed by atoms with Crippen molar-refractivity contribution in [3.63, 3.8) is 0 Å². The van der Waals surface area contributed by atoms with E-state index >= 15 is 0 Å². The van der Waals surface area contributed by atoms with E-state index in [4.69, 9.17) is 35.7 Å². The van der Waals surface area contributed by atoms with Crippen molar-refractivity contribution in [2.24, 2.45) is 0 Å². The number of amides is 1. The summed E-state index contributed by atoms with van der Waals surface area (Å²) in [6.45, 7) is 3.28. The molecule has 0 saturated carbocycles. The third-order valence-corrected chi connectivity index (χ3v) is 4.70. The molecule has 1 aliphatic heterocycles. The Morgan fingerprint density at radius 2 is 1.58 bits per heavy atom. The normalized spacial score (nSPS) is 14.4. The standard InChI is InChI=1S/C17H20N6O3.C4H6O6/c18-15(22-17(24)25)19-9-12-2-1-3-13(8-12)14-10-20-16(21-11-14)23-4-6-26-7-5-23;5-1(3(7)8)2(6)4(9)10/h1-3,8,10-11H,4-7,9H2,(H,24,25)(H3,18,19,22);1-2,5-6H,(H,7,8)(H,9,10). The molecule has 2 atom stereocenters. The average Bonchev–Trinajstić information content (AvgIpc) is 2.87. The summed E-state index contributed by atoms with van der Waals surface area (Å²) in [6, 6.07) is 7.70. The zero-order valence-electron chi connectivity index (χ0n) is 18.9. The van der Waals surface area contributed by atoms with Crippen LogP contribution in [0.2, 0.25) is 0 Å². The molecule has 15 heteroatoms. The zero-order chi connectivity index (χ0) is 26.7. The first-order chi connectivity index (χ1) is 17.1. The maximum Gasteiger partial charge on any atom is 0.411 e. The maximum atomic E-state index is 10.5. The van der Waals surface area contributed by atoms with Crippen LogP contribution >= 0.6 is 0 Å². The molecular weight excluding hydrogens is 480 g/mol. The molecule has 1 saturated heterocycles. The number of benzene rings is 1. The zero-order valence-corrected chi connectivity index (χ0v) is 18.9. The van der Waals surface area contributed by atoms with Gasteiger partial charge in [-0.3, -0.25) is 10.7 Å². The number of anilines is 1. The van der Waals surface area contributed by atoms with Gasteiger partial charge in [0.15, 0.2) is 18.2 Å². The van der Waals surface area contributed by atoms with Gasteiger partial charge in [0.1, 0.15) is 0 Å². The van der Waals surface area contributed by atoms with E-state index in [1.54, 1.807) is 12.4 Å². The lowest BCUT2D eigenvalue weighted by Gasteiger charge is -2.26. The predicted octanol–water partition coefficient (Wildman–Crippen LogP) is -0.850. The highest BCUT2D eigenvalue weighted by Gasteiger charge is 2.29. The molecule has 1 aromatic carbocycles. The van der Waals surface area contributed by atoms with Crippen LogP contribution in [0.4, 0.5) is 10.7 Å². The molecule has 2 aromatic rings. The van der Waals surface area contributed by atoms with Gasteiger partial charge < -0.3 is 40.5 Å². The van der Waals surface area contributed by atoms with E-state index in [-0.39, 0.29) is 5.96 Å². The van der Waals surface area contributed by atoms with Crippen molar-refractivity contribution in [3.8, 4) is 11.1 Å². The molecule has 1 aromatic heterocycles. The quantitative estimate of drug-likeness (QED) is 0.169. The van der Waals surface area contributed by atoms with Crippen LogP contribution in [-0.2, 0) is 20.9 Å². The van der Waals surface area contributed by atoms with Gasteiger partial charge in [0.25, 0.3) is 0 Å². The molecular formula is C21H26N6O9. The molecule has 1 amide bonds. The summed E-state index contributed by atoms with van der Waals surface area (Å²) in [4.78, 5) is 41.0. The number of carboxylic acids is 2. The van der Waals surface area contributed by atoms with Crippen molar-refractivity contribution >= 4 is 29.9 Å². The maximum absolute atomic E-state index is 10.5. The van der Waals surface area contributed by atoms with E-state index in [0.29, 0.717) is 25.7 Å². The Balaban J connectivity index is 0.000000388. The van der Waals surface area contributed by atoms with Crippen LogP contribution in [0.1, 0.15) is 5.56 Å². The minimum Gasteiger partial charge on any atom is -0.479 e. The number of rotatable bonds is 7. The van der Waals surface area contributed by atoms with Crippen molar-refractivity contribution in [3.05, 3.63) is 42.2 Å². The van der Waals surface area contributed by atoms with Crippen molar-refractivity contribution in [1.29, 1.82) is 5.41 Å². The summed E-state index contributed by atoms with van der Waals surface area (Å²) in [5.41, 5.74) is 2.76. The second kappa shape index (κ2) is 13.5. The fraction of sp³-hybridized carbons (Fsp3) is 0.333. The number of hydrogen-bond acceptors (Lipinski definition) is 10. The molecule has 1 aliphatic rings. The third kappa shape index (κ3) is 8.79. The van der Waals surface area contributed by atoms with E-state index in [2.05, 4.69) is 20.2 Å². The number of hydrogen-bond donors (Lipinski definition) is 8. The van der Waals surface area contributed by atoms with E-state index in [0.717, 1.165) is 29.8 Å². The van der Waals surface area contributed by atoms with Crippen LogP contribution < -0.4 is 15.5 Å². The summed E-state index contributed by atoms with van der Waals surface area (Å²) < 4.78 is 5.33. The largest absolute Gasteiger partial charge is 0.479 e. The van der Waals surface area contributed by atoms with Crippen LogP contribution in [0.5, 0.6) is 0 Å². The number of morpholine rings is 1. The molecule has 2 unspecified atom stereocenters. The minimum absolute atomic E-state index is 0.263. The fourth-order valence-corrected chi connectivity index (χ4v) is 2.87. The van der Waals surface area contributed by atoms with E-state index < -0.39 is 30.2 Å². The first kappa shape index (κ1) is 27.9. The molecule has 0 aliphatic carbocycles. The van der Waals surface area contributed by atoms with Gasteiger partial charge in [0.05, 0.1) is 13.2 Å². The summed E-state index contributed by atoms with van der Waals surface area (Å²) in [5, 5.41) is 53.2. The number of aliphatic carboxylic acids is 2. The van der Waals surface area contributed by atoms with Gasteiger partial charge in [-0.05, 0) is 17.2 Å². The van der Waals surface area contributed by atoms with Gasteiger partial charge in [0, 0.05) is 37.6 Å². The molecule has 36 heavy (non-hydrogen) atoms. The smallest absolute Gasteiger partial charge is 0.411 e. The van der Waals surface area contributed by atoms with Gasteiger partial charge in [-0.2, -0.15) is 0 Å². The number of aliphatic hydroxyl groups is 2. The highest BCUT2D eigenvalue weighted by Crippen LogP contribution is 2.20. The summed E-state index contributed by atoms with van der Waals surface area (Å²) in [7, 11) is 0. The molecule has 1 fully saturated rings. The topological polar surface area (TPSA) is 239 Å². The highest BCUT2D eigenvalue weighted by atomic mass is 16.5. The molecule has 2 heterocycles. The Bertz CT molecular complexity index is 1040. The molecule has 0 spiro atoms. The highest BCUT2D eigenvalue weighted by molar-refractivity contribution is 5.91. The molecule has 0 bridgehead atoms. The Labute approximate surface area is 204 Å². The molecule has 15 nitrogen and oxygen atoms in total. The predicted molar refractivity (Wildman–Crippen MR) is 124 cm³/mol. The molecule has 0 radical (unpaired) electrons. The van der Waals surface area contributed by atoms with Crippen LogP contribution in [0.15, 0.2) is 36.7 Å². The molecule has 8 N–H and O–H groups in total.